The maximum Gasteiger partial charge on any atom is 0.101 e. The van der Waals surface area contributed by atoms with Crippen LogP contribution >= 0.6 is 0 Å². The smallest absolute Gasteiger partial charge is 0.101 e. The first-order valence-corrected chi connectivity index (χ1v) is 15.4. The Hall–Kier alpha value is -5.78. The molecule has 0 heterocycles. The fourth-order valence-electron chi connectivity index (χ4n) is 7.35. The molecule has 0 unspecified atom stereocenters. The van der Waals surface area contributed by atoms with Crippen molar-refractivity contribution >= 4 is 22.6 Å². The van der Waals surface area contributed by atoms with Crippen LogP contribution in [0, 0.1) is 16.7 Å². The normalized spacial score (nSPS) is 13.1. The maximum atomic E-state index is 9.20. The minimum atomic E-state index is -0.373. The second kappa shape index (κ2) is 11.1. The fourth-order valence-corrected chi connectivity index (χ4v) is 7.35. The lowest BCUT2D eigenvalue weighted by atomic mass is 9.70. The van der Waals surface area contributed by atoms with E-state index in [4.69, 9.17) is 5.41 Å². The Morgan fingerprint density at radius 3 is 1.91 bits per heavy atom. The van der Waals surface area contributed by atoms with E-state index in [2.05, 4.69) is 122 Å². The Morgan fingerprint density at radius 1 is 0.667 bits per heavy atom. The number of hydrogen-bond acceptors (Lipinski definition) is 2. The van der Waals surface area contributed by atoms with Gasteiger partial charge in [0.15, 0.2) is 0 Å². The zero-order chi connectivity index (χ0) is 31.1. The number of hydrogen-bond donors (Lipinski definition) is 1. The van der Waals surface area contributed by atoms with Crippen molar-refractivity contribution < 1.29 is 0 Å². The molecule has 8 rings (SSSR count). The van der Waals surface area contributed by atoms with Gasteiger partial charge in [0.2, 0.25) is 0 Å². The van der Waals surface area contributed by atoms with Crippen molar-refractivity contribution in [3.05, 3.63) is 173 Å². The second-order valence-corrected chi connectivity index (χ2v) is 11.3. The number of allylic oxidation sites excluding steroid dienone is 3. The first-order valence-electron chi connectivity index (χ1n) is 15.4. The number of benzene rings is 6. The average Bonchev–Trinajstić information content (AvgIpc) is 3.58. The van der Waals surface area contributed by atoms with Gasteiger partial charge >= 0.3 is 0 Å². The molecule has 0 radical (unpaired) electrons. The topological polar surface area (TPSA) is 47.6 Å². The molecule has 0 atom stereocenters. The zero-order valence-corrected chi connectivity index (χ0v) is 25.4. The maximum absolute atomic E-state index is 9.20. The lowest BCUT2D eigenvalue weighted by Gasteiger charge is -2.30. The molecule has 6 aromatic rings. The van der Waals surface area contributed by atoms with Crippen LogP contribution in [0.1, 0.15) is 41.7 Å². The molecular weight excluding hydrogens is 544 g/mol. The van der Waals surface area contributed by atoms with E-state index in [0.29, 0.717) is 5.57 Å². The molecular formula is C43H32N2. The molecule has 0 saturated carbocycles. The van der Waals surface area contributed by atoms with E-state index in [1.54, 1.807) is 6.08 Å². The summed E-state index contributed by atoms with van der Waals surface area (Å²) in [6.07, 6.45) is 2.70. The largest absolute Gasteiger partial charge is 0.307 e. The summed E-state index contributed by atoms with van der Waals surface area (Å²) in [5, 5.41) is 19.1. The van der Waals surface area contributed by atoms with Crippen LogP contribution in [-0.4, -0.2) is 6.21 Å². The van der Waals surface area contributed by atoms with Crippen molar-refractivity contribution in [2.45, 2.75) is 19.3 Å². The van der Waals surface area contributed by atoms with Gasteiger partial charge in [-0.25, -0.2) is 0 Å². The van der Waals surface area contributed by atoms with Crippen LogP contribution in [0.2, 0.25) is 0 Å². The molecule has 0 saturated heterocycles. The van der Waals surface area contributed by atoms with Crippen molar-refractivity contribution in [2.75, 3.05) is 0 Å². The van der Waals surface area contributed by atoms with Crippen molar-refractivity contribution in [2.24, 2.45) is 0 Å². The molecule has 0 fully saturated rings. The van der Waals surface area contributed by atoms with Crippen LogP contribution < -0.4 is 0 Å². The first-order chi connectivity index (χ1) is 22.1. The van der Waals surface area contributed by atoms with Gasteiger partial charge in [0.25, 0.3) is 0 Å². The highest BCUT2D eigenvalue weighted by molar-refractivity contribution is 6.06. The Kier molecular flexibility index (Phi) is 6.88. The van der Waals surface area contributed by atoms with Gasteiger partial charge in [0, 0.05) is 6.21 Å². The quantitative estimate of drug-likeness (QED) is 0.126. The van der Waals surface area contributed by atoms with Crippen molar-refractivity contribution in [3.63, 3.8) is 0 Å². The minimum absolute atomic E-state index is 0.280. The van der Waals surface area contributed by atoms with E-state index in [-0.39, 0.29) is 11.0 Å². The molecule has 45 heavy (non-hydrogen) atoms. The van der Waals surface area contributed by atoms with Crippen molar-refractivity contribution in [1.29, 1.82) is 10.7 Å². The number of fused-ring (bicyclic) bond motifs is 12. The standard InChI is InChI=1S/C41H26N2.C2H6/c1-26(22-27(24-42)25-43)28-14-16-29(17-15-28)31-19-20-38-35(23-31)40-32-9-3-2-8-30(32)18-21-39(40)41(38)36-12-6-4-10-33(36)34-11-5-7-13-37(34)41;1-2/h2-24,42H,1H2;1-2H3/b27-22+,42-24?;. The van der Waals surface area contributed by atoms with Crippen LogP contribution in [0.25, 0.3) is 49.7 Å². The third-order valence-electron chi connectivity index (χ3n) is 9.18. The SMILES string of the molecule is C=C(/C=C(/C#N)C=N)c1ccc(-c2ccc3c(c2)-c2c(ccc4ccccc24)C32c3ccccc3-c3ccccc32)cc1.CC. The Morgan fingerprint density at radius 2 is 1.24 bits per heavy atom. The highest BCUT2D eigenvalue weighted by atomic mass is 14.5. The lowest BCUT2D eigenvalue weighted by molar-refractivity contribution is 0.794. The van der Waals surface area contributed by atoms with Crippen LogP contribution in [0.5, 0.6) is 0 Å². The Balaban J connectivity index is 0.00000160. The number of nitrogens with zero attached hydrogens (tertiary/aromatic N) is 1. The van der Waals surface area contributed by atoms with Gasteiger partial charge in [0.05, 0.1) is 11.0 Å². The molecule has 2 heteroatoms. The molecule has 1 spiro atoms. The van der Waals surface area contributed by atoms with Crippen LogP contribution in [0.3, 0.4) is 0 Å². The lowest BCUT2D eigenvalue weighted by Crippen LogP contribution is -2.25. The minimum Gasteiger partial charge on any atom is -0.307 e. The first kappa shape index (κ1) is 28.0. The number of nitriles is 1. The van der Waals surface area contributed by atoms with E-state index in [1.807, 2.05) is 32.0 Å². The summed E-state index contributed by atoms with van der Waals surface area (Å²) in [5.74, 6) is 0. The van der Waals surface area contributed by atoms with Crippen LogP contribution in [-0.2, 0) is 5.41 Å². The van der Waals surface area contributed by atoms with Crippen molar-refractivity contribution in [1.82, 2.24) is 0 Å². The molecule has 6 aromatic carbocycles. The Labute approximate surface area is 264 Å². The van der Waals surface area contributed by atoms with E-state index in [9.17, 15) is 5.26 Å². The van der Waals surface area contributed by atoms with Crippen LogP contribution in [0.4, 0.5) is 0 Å². The van der Waals surface area contributed by atoms with Gasteiger partial charge in [-0.1, -0.05) is 142 Å². The van der Waals surface area contributed by atoms with E-state index < -0.39 is 0 Å². The summed E-state index contributed by atoms with van der Waals surface area (Å²) in [6.45, 7) is 8.11. The molecule has 1 N–H and O–H groups in total. The predicted molar refractivity (Wildman–Crippen MR) is 189 cm³/mol. The third kappa shape index (κ3) is 4.05. The second-order valence-electron chi connectivity index (χ2n) is 11.3. The predicted octanol–water partition coefficient (Wildman–Crippen LogP) is 11.0. The molecule has 214 valence electrons. The van der Waals surface area contributed by atoms with Gasteiger partial charge in [0.1, 0.15) is 6.07 Å². The molecule has 0 aromatic heterocycles. The van der Waals surface area contributed by atoms with Gasteiger partial charge in [-0.15, -0.1) is 0 Å². The highest BCUT2D eigenvalue weighted by Gasteiger charge is 2.51. The van der Waals surface area contributed by atoms with Crippen molar-refractivity contribution in [3.8, 4) is 39.4 Å². The summed E-state index contributed by atoms with van der Waals surface area (Å²) in [6, 6.07) is 48.4. The molecule has 2 aliphatic carbocycles. The fraction of sp³-hybridized carbons (Fsp3) is 0.0698. The van der Waals surface area contributed by atoms with Gasteiger partial charge in [-0.2, -0.15) is 5.26 Å². The summed E-state index contributed by atoms with van der Waals surface area (Å²) in [7, 11) is 0. The Bertz CT molecular complexity index is 2180. The number of rotatable bonds is 4. The van der Waals surface area contributed by atoms with Gasteiger partial charge in [-0.3, -0.25) is 0 Å². The van der Waals surface area contributed by atoms with Crippen LogP contribution in [0.15, 0.2) is 146 Å². The molecule has 2 aliphatic rings. The highest BCUT2D eigenvalue weighted by Crippen LogP contribution is 2.63. The summed E-state index contributed by atoms with van der Waals surface area (Å²) >= 11 is 0. The molecule has 2 nitrogen and oxygen atoms in total. The number of nitrogens with one attached hydrogen (secondary N) is 1. The molecule has 0 aliphatic heterocycles. The monoisotopic (exact) mass is 576 g/mol. The molecule has 0 bridgehead atoms. The average molecular weight is 577 g/mol. The van der Waals surface area contributed by atoms with E-state index in [1.165, 1.54) is 55.3 Å². The summed E-state index contributed by atoms with van der Waals surface area (Å²) < 4.78 is 0. The summed E-state index contributed by atoms with van der Waals surface area (Å²) in [4.78, 5) is 0. The third-order valence-corrected chi connectivity index (χ3v) is 9.18. The van der Waals surface area contributed by atoms with E-state index in [0.717, 1.165) is 22.9 Å². The van der Waals surface area contributed by atoms with E-state index >= 15 is 0 Å². The zero-order valence-electron chi connectivity index (χ0n) is 25.4. The molecule has 0 amide bonds. The summed E-state index contributed by atoms with van der Waals surface area (Å²) in [5.41, 5.74) is 14.4. The van der Waals surface area contributed by atoms with Gasteiger partial charge in [-0.05, 0) is 89.7 Å². The van der Waals surface area contributed by atoms with Gasteiger partial charge < -0.3 is 5.41 Å².